The smallest absolute Gasteiger partial charge is 0.235 e. The summed E-state index contributed by atoms with van der Waals surface area (Å²) in [5, 5.41) is 42.0. The molecular formula is C26H50N2O9. The van der Waals surface area contributed by atoms with Crippen LogP contribution < -0.4 is 0 Å². The highest BCUT2D eigenvalue weighted by Gasteiger charge is 2.41. The number of aliphatic hydroxyl groups is 5. The lowest BCUT2D eigenvalue weighted by Crippen LogP contribution is -2.39. The van der Waals surface area contributed by atoms with E-state index in [1.165, 1.54) is 6.92 Å². The molecule has 218 valence electrons. The zero-order valence-electron chi connectivity index (χ0n) is 23.5. The van der Waals surface area contributed by atoms with E-state index in [9.17, 15) is 9.59 Å². The van der Waals surface area contributed by atoms with Gasteiger partial charge in [0.15, 0.2) is 0 Å². The molecule has 11 heteroatoms. The van der Waals surface area contributed by atoms with Crippen molar-refractivity contribution in [3.8, 4) is 0 Å². The molecule has 3 aliphatic rings. The number of rotatable bonds is 8. The van der Waals surface area contributed by atoms with Gasteiger partial charge in [0.05, 0.1) is 71.0 Å². The summed E-state index contributed by atoms with van der Waals surface area (Å²) >= 11 is 0. The number of hydrogen-bond donors (Lipinski definition) is 5. The van der Waals surface area contributed by atoms with Gasteiger partial charge in [-0.1, -0.05) is 27.7 Å². The van der Waals surface area contributed by atoms with Crippen molar-refractivity contribution < 1.29 is 44.6 Å². The highest BCUT2D eigenvalue weighted by Crippen LogP contribution is 2.47. The Morgan fingerprint density at radius 1 is 1.03 bits per heavy atom. The van der Waals surface area contributed by atoms with E-state index in [1.807, 2.05) is 6.92 Å². The van der Waals surface area contributed by atoms with E-state index < -0.39 is 11.5 Å². The summed E-state index contributed by atoms with van der Waals surface area (Å²) < 4.78 is 9.21. The number of epoxide rings is 2. The van der Waals surface area contributed by atoms with Gasteiger partial charge >= 0.3 is 0 Å². The first-order valence-electron chi connectivity index (χ1n) is 12.7. The first-order valence-corrected chi connectivity index (χ1v) is 12.7. The molecule has 0 aromatic heterocycles. The largest absolute Gasteiger partial charge is 0.396 e. The van der Waals surface area contributed by atoms with Gasteiger partial charge in [0, 0.05) is 5.41 Å². The minimum absolute atomic E-state index is 0.00750. The summed E-state index contributed by atoms with van der Waals surface area (Å²) in [5.74, 6) is 0. The van der Waals surface area contributed by atoms with Gasteiger partial charge in [-0.25, -0.2) is 19.6 Å². The van der Waals surface area contributed by atoms with E-state index in [4.69, 9.17) is 30.3 Å². The van der Waals surface area contributed by atoms with Gasteiger partial charge in [0.1, 0.15) is 0 Å². The molecule has 0 aromatic carbocycles. The van der Waals surface area contributed by atoms with E-state index >= 15 is 0 Å². The maximum Gasteiger partial charge on any atom is 0.235 e. The highest BCUT2D eigenvalue weighted by molar-refractivity contribution is 5.34. The van der Waals surface area contributed by atoms with E-state index in [1.54, 1.807) is 12.2 Å². The van der Waals surface area contributed by atoms with Crippen LogP contribution in [0.2, 0.25) is 0 Å². The van der Waals surface area contributed by atoms with E-state index in [-0.39, 0.29) is 43.3 Å². The maximum absolute atomic E-state index is 10.3. The maximum atomic E-state index is 10.3. The van der Waals surface area contributed by atoms with Crippen molar-refractivity contribution in [1.82, 2.24) is 0 Å². The average Bonchev–Trinajstić information content (AvgIpc) is 3.76. The monoisotopic (exact) mass is 534 g/mol. The van der Waals surface area contributed by atoms with Crippen LogP contribution in [0, 0.1) is 16.2 Å². The molecule has 0 spiro atoms. The fourth-order valence-electron chi connectivity index (χ4n) is 3.67. The molecule has 5 N–H and O–H groups in total. The van der Waals surface area contributed by atoms with Crippen LogP contribution in [0.4, 0.5) is 0 Å². The molecule has 4 unspecified atom stereocenters. The van der Waals surface area contributed by atoms with Gasteiger partial charge in [0.25, 0.3) is 0 Å². The lowest BCUT2D eigenvalue weighted by Gasteiger charge is -2.44. The third kappa shape index (κ3) is 22.2. The van der Waals surface area contributed by atoms with Gasteiger partial charge in [-0.3, -0.25) is 0 Å². The SMILES string of the molecule is C1CO1.CC(O)CO.CC1(C)CC(N=C=O)CC(C)(CN=C=O)C1.CC1CO1.CCC(CO)(CO)CO. The van der Waals surface area contributed by atoms with Crippen LogP contribution in [0.25, 0.3) is 0 Å². The molecule has 3 fully saturated rings. The standard InChI is InChI=1S/C12H18N2O2.C6H14O3.C3H8O2.C3H6O.C2H4O/c1-11(2)4-10(14-9-16)5-12(3,6-11)7-13-8-15;1-2-6(3-7,4-8)5-9;1-3(5)2-4;1-3-2-4-3;1-2-3-1/h10H,4-7H2,1-3H3;7-9H,2-5H2,1H3;3-5H,2H2,1H3;3H,2H2,1H3;1-2H2. The predicted molar refractivity (Wildman–Crippen MR) is 140 cm³/mol. The van der Waals surface area contributed by atoms with Crippen LogP contribution in [0.5, 0.6) is 0 Å². The summed E-state index contributed by atoms with van der Waals surface area (Å²) in [4.78, 5) is 28.0. The van der Waals surface area contributed by atoms with Gasteiger partial charge in [-0.05, 0) is 50.4 Å². The Balaban J connectivity index is 0. The lowest BCUT2D eigenvalue weighted by molar-refractivity contribution is 0.00304. The predicted octanol–water partition coefficient (Wildman–Crippen LogP) is 1.38. The number of hydrogen-bond acceptors (Lipinski definition) is 11. The molecule has 0 amide bonds. The summed E-state index contributed by atoms with van der Waals surface area (Å²) in [6.07, 6.45) is 6.50. The number of aliphatic hydroxyl groups excluding tert-OH is 5. The third-order valence-electron chi connectivity index (χ3n) is 5.91. The highest BCUT2D eigenvalue weighted by atomic mass is 16.6. The molecule has 2 aliphatic heterocycles. The third-order valence-corrected chi connectivity index (χ3v) is 5.91. The van der Waals surface area contributed by atoms with Crippen molar-refractivity contribution in [1.29, 1.82) is 0 Å². The topological polar surface area (TPSA) is 185 Å². The number of carbonyl (C=O) groups excluding carboxylic acids is 2. The number of isocyanates is 2. The van der Waals surface area contributed by atoms with Crippen LogP contribution in [0.1, 0.15) is 67.2 Å². The molecule has 2 heterocycles. The second-order valence-corrected chi connectivity index (χ2v) is 11.0. The van der Waals surface area contributed by atoms with E-state index in [0.717, 1.165) is 39.1 Å². The fraction of sp³-hybridized carbons (Fsp3) is 0.923. The summed E-state index contributed by atoms with van der Waals surface area (Å²) in [5.41, 5.74) is -0.611. The Kier molecular flexibility index (Phi) is 20.8. The van der Waals surface area contributed by atoms with Gasteiger partial charge in [-0.2, -0.15) is 0 Å². The van der Waals surface area contributed by atoms with Crippen molar-refractivity contribution >= 4 is 12.2 Å². The van der Waals surface area contributed by atoms with Crippen molar-refractivity contribution in [2.45, 2.75) is 85.5 Å². The number of nitrogens with zero attached hydrogens (tertiary/aromatic N) is 2. The molecule has 1 aliphatic carbocycles. The molecular weight excluding hydrogens is 484 g/mol. The summed E-state index contributed by atoms with van der Waals surface area (Å²) in [6.45, 7) is 14.6. The van der Waals surface area contributed by atoms with Crippen molar-refractivity contribution in [3.05, 3.63) is 0 Å². The second kappa shape index (κ2) is 20.4. The number of ether oxygens (including phenoxy) is 2. The van der Waals surface area contributed by atoms with E-state index in [0.29, 0.717) is 19.1 Å². The van der Waals surface area contributed by atoms with Crippen molar-refractivity contribution in [2.75, 3.05) is 52.8 Å². The Morgan fingerprint density at radius 3 is 1.73 bits per heavy atom. The Hall–Kier alpha value is -1.52. The van der Waals surface area contributed by atoms with Crippen LogP contribution in [0.15, 0.2) is 9.98 Å². The molecule has 1 saturated carbocycles. The van der Waals surface area contributed by atoms with E-state index in [2.05, 4.69) is 42.4 Å². The lowest BCUT2D eigenvalue weighted by atomic mass is 9.63. The fourth-order valence-corrected chi connectivity index (χ4v) is 3.67. The average molecular weight is 535 g/mol. The molecule has 11 nitrogen and oxygen atoms in total. The molecule has 37 heavy (non-hydrogen) atoms. The normalized spacial score (nSPS) is 25.2. The Morgan fingerprint density at radius 2 is 1.49 bits per heavy atom. The Bertz CT molecular complexity index is 647. The van der Waals surface area contributed by atoms with Crippen LogP contribution >= 0.6 is 0 Å². The van der Waals surface area contributed by atoms with Gasteiger partial charge in [0.2, 0.25) is 12.2 Å². The molecule has 0 bridgehead atoms. The Labute approximate surface area is 221 Å². The summed E-state index contributed by atoms with van der Waals surface area (Å²) in [7, 11) is 0. The molecule has 2 saturated heterocycles. The molecule has 3 rings (SSSR count). The minimum Gasteiger partial charge on any atom is -0.396 e. The van der Waals surface area contributed by atoms with Crippen LogP contribution in [-0.4, -0.2) is 109 Å². The molecule has 4 atom stereocenters. The van der Waals surface area contributed by atoms with Crippen molar-refractivity contribution in [3.63, 3.8) is 0 Å². The van der Waals surface area contributed by atoms with Gasteiger partial charge < -0.3 is 35.0 Å². The first-order chi connectivity index (χ1) is 17.3. The van der Waals surface area contributed by atoms with Crippen LogP contribution in [0.3, 0.4) is 0 Å². The summed E-state index contributed by atoms with van der Waals surface area (Å²) in [6, 6.07) is 0.00750. The number of aliphatic imine (C=N–C) groups is 2. The molecule has 0 radical (unpaired) electrons. The van der Waals surface area contributed by atoms with Gasteiger partial charge in [-0.15, -0.1) is 0 Å². The second-order valence-electron chi connectivity index (χ2n) is 11.0. The zero-order valence-corrected chi connectivity index (χ0v) is 23.5. The van der Waals surface area contributed by atoms with Crippen LogP contribution in [-0.2, 0) is 19.1 Å². The molecule has 0 aromatic rings. The van der Waals surface area contributed by atoms with Crippen molar-refractivity contribution in [2.24, 2.45) is 26.2 Å². The quantitative estimate of drug-likeness (QED) is 0.174. The minimum atomic E-state index is -0.667. The first kappa shape index (κ1) is 37.6. The zero-order chi connectivity index (χ0) is 29.0.